The molecule has 2 rings (SSSR count). The molecule has 0 spiro atoms. The number of ether oxygens (including phenoxy) is 1. The second kappa shape index (κ2) is 5.75. The Kier molecular flexibility index (Phi) is 4.06. The van der Waals surface area contributed by atoms with E-state index < -0.39 is 0 Å². The fourth-order valence-corrected chi connectivity index (χ4v) is 2.13. The Balaban J connectivity index is 1.96. The summed E-state index contributed by atoms with van der Waals surface area (Å²) in [5, 5.41) is 13.1. The van der Waals surface area contributed by atoms with Crippen LogP contribution in [0.5, 0.6) is 0 Å². The molecule has 0 fully saturated rings. The normalized spacial score (nSPS) is 10.5. The molecule has 0 unspecified atom stereocenters. The highest BCUT2D eigenvalue weighted by Crippen LogP contribution is 2.15. The summed E-state index contributed by atoms with van der Waals surface area (Å²) in [6.45, 7) is 3.35. The fourth-order valence-electron chi connectivity index (χ4n) is 1.54. The van der Waals surface area contributed by atoms with Crippen LogP contribution in [-0.4, -0.2) is 17.3 Å². The molecule has 0 atom stereocenters. The van der Waals surface area contributed by atoms with E-state index >= 15 is 0 Å². The third kappa shape index (κ3) is 3.51. The second-order valence-electron chi connectivity index (χ2n) is 3.73. The van der Waals surface area contributed by atoms with Crippen LogP contribution in [0.15, 0.2) is 24.3 Å². The molecule has 0 saturated heterocycles. The van der Waals surface area contributed by atoms with Gasteiger partial charge in [0.1, 0.15) is 5.01 Å². The molecule has 1 aromatic carbocycles. The van der Waals surface area contributed by atoms with E-state index in [9.17, 15) is 0 Å². The minimum atomic E-state index is 0.645. The number of nitrogens with one attached hydrogen (secondary N) is 1. The summed E-state index contributed by atoms with van der Waals surface area (Å²) in [7, 11) is 1.70. The van der Waals surface area contributed by atoms with E-state index in [1.807, 2.05) is 13.0 Å². The number of aromatic nitrogens is 2. The lowest BCUT2D eigenvalue weighted by atomic mass is 10.1. The van der Waals surface area contributed by atoms with Gasteiger partial charge in [0.05, 0.1) is 6.61 Å². The van der Waals surface area contributed by atoms with E-state index in [1.165, 1.54) is 11.1 Å². The first-order chi connectivity index (χ1) is 8.28. The predicted molar refractivity (Wildman–Crippen MR) is 69.1 cm³/mol. The average molecular weight is 249 g/mol. The van der Waals surface area contributed by atoms with Crippen molar-refractivity contribution in [3.63, 3.8) is 0 Å². The number of aryl methyl sites for hydroxylation is 1. The summed E-state index contributed by atoms with van der Waals surface area (Å²) in [5.41, 5.74) is 2.40. The lowest BCUT2D eigenvalue weighted by Crippen LogP contribution is -2.00. The number of anilines is 1. The van der Waals surface area contributed by atoms with Crippen LogP contribution in [0, 0.1) is 6.92 Å². The molecule has 1 heterocycles. The van der Waals surface area contributed by atoms with Crippen LogP contribution in [0.1, 0.15) is 16.1 Å². The predicted octanol–water partition coefficient (Wildman–Crippen LogP) is 2.61. The van der Waals surface area contributed by atoms with Crippen molar-refractivity contribution in [3.8, 4) is 0 Å². The molecule has 0 aliphatic rings. The molecule has 1 N–H and O–H groups in total. The molecule has 17 heavy (non-hydrogen) atoms. The van der Waals surface area contributed by atoms with Gasteiger partial charge in [-0.25, -0.2) is 0 Å². The van der Waals surface area contributed by atoms with Gasteiger partial charge in [0.15, 0.2) is 0 Å². The van der Waals surface area contributed by atoms with Gasteiger partial charge in [0.25, 0.3) is 0 Å². The van der Waals surface area contributed by atoms with E-state index in [0.29, 0.717) is 6.61 Å². The second-order valence-corrected chi connectivity index (χ2v) is 4.91. The molecule has 2 aromatic rings. The molecule has 0 aliphatic carbocycles. The van der Waals surface area contributed by atoms with Crippen LogP contribution < -0.4 is 5.32 Å². The molecule has 0 radical (unpaired) electrons. The van der Waals surface area contributed by atoms with Crippen LogP contribution in [0.25, 0.3) is 0 Å². The van der Waals surface area contributed by atoms with Crippen LogP contribution in [0.2, 0.25) is 0 Å². The molecular weight excluding hydrogens is 234 g/mol. The first-order valence-electron chi connectivity index (χ1n) is 5.38. The van der Waals surface area contributed by atoms with Crippen molar-refractivity contribution in [2.75, 3.05) is 12.4 Å². The van der Waals surface area contributed by atoms with Crippen molar-refractivity contribution >= 4 is 16.5 Å². The number of hydrogen-bond acceptors (Lipinski definition) is 5. The van der Waals surface area contributed by atoms with E-state index in [1.54, 1.807) is 18.4 Å². The van der Waals surface area contributed by atoms with Crippen molar-refractivity contribution in [1.82, 2.24) is 10.2 Å². The first kappa shape index (κ1) is 12.0. The van der Waals surface area contributed by atoms with E-state index in [-0.39, 0.29) is 0 Å². The Morgan fingerprint density at radius 1 is 1.29 bits per heavy atom. The van der Waals surface area contributed by atoms with E-state index in [2.05, 4.69) is 33.7 Å². The van der Waals surface area contributed by atoms with E-state index in [4.69, 9.17) is 4.74 Å². The largest absolute Gasteiger partial charge is 0.380 e. The highest BCUT2D eigenvalue weighted by molar-refractivity contribution is 7.15. The minimum absolute atomic E-state index is 0.645. The molecular formula is C12H15N3OS. The van der Waals surface area contributed by atoms with Crippen molar-refractivity contribution in [2.24, 2.45) is 0 Å². The maximum atomic E-state index is 5.11. The summed E-state index contributed by atoms with van der Waals surface area (Å²) in [6.07, 6.45) is 0. The summed E-state index contributed by atoms with van der Waals surface area (Å²) >= 11 is 1.56. The lowest BCUT2D eigenvalue weighted by Gasteiger charge is -2.05. The Hall–Kier alpha value is -1.46. The molecule has 4 nitrogen and oxygen atoms in total. The number of methoxy groups -OCH3 is 1. The lowest BCUT2D eigenvalue weighted by molar-refractivity contribution is 0.185. The van der Waals surface area contributed by atoms with Gasteiger partial charge in [0.2, 0.25) is 5.13 Å². The Morgan fingerprint density at radius 2 is 2.12 bits per heavy atom. The SMILES string of the molecule is COCc1cccc(CNc2nnc(C)s2)c1. The number of nitrogens with zero attached hydrogens (tertiary/aromatic N) is 2. The summed E-state index contributed by atoms with van der Waals surface area (Å²) < 4.78 is 5.11. The Labute approximate surface area is 105 Å². The first-order valence-corrected chi connectivity index (χ1v) is 6.20. The average Bonchev–Trinajstić information content (AvgIpc) is 2.74. The molecule has 90 valence electrons. The van der Waals surface area contributed by atoms with Gasteiger partial charge < -0.3 is 10.1 Å². The van der Waals surface area contributed by atoms with Gasteiger partial charge in [-0.15, -0.1) is 10.2 Å². The molecule has 0 amide bonds. The Bertz CT molecular complexity index is 484. The third-order valence-electron chi connectivity index (χ3n) is 2.27. The molecule has 0 bridgehead atoms. The molecule has 0 aliphatic heterocycles. The zero-order valence-corrected chi connectivity index (χ0v) is 10.8. The highest BCUT2D eigenvalue weighted by Gasteiger charge is 2.00. The van der Waals surface area contributed by atoms with Crippen LogP contribution >= 0.6 is 11.3 Å². The van der Waals surface area contributed by atoms with Gasteiger partial charge in [-0.2, -0.15) is 0 Å². The topological polar surface area (TPSA) is 47.0 Å². The summed E-state index contributed by atoms with van der Waals surface area (Å²) in [4.78, 5) is 0. The number of benzene rings is 1. The minimum Gasteiger partial charge on any atom is -0.380 e. The molecule has 5 heteroatoms. The van der Waals surface area contributed by atoms with Crippen molar-refractivity contribution < 1.29 is 4.74 Å². The highest BCUT2D eigenvalue weighted by atomic mass is 32.1. The number of hydrogen-bond donors (Lipinski definition) is 1. The van der Waals surface area contributed by atoms with Gasteiger partial charge in [0, 0.05) is 13.7 Å². The maximum absolute atomic E-state index is 5.11. The number of rotatable bonds is 5. The standard InChI is InChI=1S/C12H15N3OS/c1-9-14-15-12(17-9)13-7-10-4-3-5-11(6-10)8-16-2/h3-6H,7-8H2,1-2H3,(H,13,15). The van der Waals surface area contributed by atoms with Gasteiger partial charge >= 0.3 is 0 Å². The van der Waals surface area contributed by atoms with Crippen molar-refractivity contribution in [1.29, 1.82) is 0 Å². The van der Waals surface area contributed by atoms with Crippen LogP contribution in [-0.2, 0) is 17.9 Å². The summed E-state index contributed by atoms with van der Waals surface area (Å²) in [5.74, 6) is 0. The zero-order chi connectivity index (χ0) is 12.1. The van der Waals surface area contributed by atoms with Gasteiger partial charge in [-0.05, 0) is 18.1 Å². The van der Waals surface area contributed by atoms with E-state index in [0.717, 1.165) is 16.7 Å². The monoisotopic (exact) mass is 249 g/mol. The maximum Gasteiger partial charge on any atom is 0.205 e. The van der Waals surface area contributed by atoms with Gasteiger partial charge in [-0.3, -0.25) is 0 Å². The smallest absolute Gasteiger partial charge is 0.205 e. The summed E-state index contributed by atoms with van der Waals surface area (Å²) in [6, 6.07) is 8.31. The Morgan fingerprint density at radius 3 is 2.82 bits per heavy atom. The van der Waals surface area contributed by atoms with Crippen molar-refractivity contribution in [3.05, 3.63) is 40.4 Å². The van der Waals surface area contributed by atoms with Crippen molar-refractivity contribution in [2.45, 2.75) is 20.1 Å². The van der Waals surface area contributed by atoms with Gasteiger partial charge in [-0.1, -0.05) is 35.6 Å². The van der Waals surface area contributed by atoms with Crippen LogP contribution in [0.3, 0.4) is 0 Å². The molecule has 1 aromatic heterocycles. The fraction of sp³-hybridized carbons (Fsp3) is 0.333. The quantitative estimate of drug-likeness (QED) is 0.884. The molecule has 0 saturated carbocycles. The third-order valence-corrected chi connectivity index (χ3v) is 3.07. The van der Waals surface area contributed by atoms with Crippen LogP contribution in [0.4, 0.5) is 5.13 Å². The zero-order valence-electron chi connectivity index (χ0n) is 9.93.